The van der Waals surface area contributed by atoms with Gasteiger partial charge in [-0.05, 0) is 41.3 Å². The molecule has 4 nitrogen and oxygen atoms in total. The molecule has 2 rings (SSSR count). The van der Waals surface area contributed by atoms with E-state index in [2.05, 4.69) is 0 Å². The predicted molar refractivity (Wildman–Crippen MR) is 77.5 cm³/mol. The van der Waals surface area contributed by atoms with Crippen LogP contribution in [0.25, 0.3) is 10.8 Å². The van der Waals surface area contributed by atoms with E-state index in [0.717, 1.165) is 16.3 Å². The van der Waals surface area contributed by atoms with Crippen LogP contribution in [0.3, 0.4) is 0 Å². The van der Waals surface area contributed by atoms with E-state index < -0.39 is 10.1 Å². The maximum absolute atomic E-state index is 10.7. The minimum absolute atomic E-state index is 0. The number of phenolic OH excluding ortho intramolecular Hbond substituents is 1. The van der Waals surface area contributed by atoms with Gasteiger partial charge in [0.15, 0.2) is 0 Å². The van der Waals surface area contributed by atoms with Crippen LogP contribution in [0.2, 0.25) is 0 Å². The molecule has 0 aromatic heterocycles. The molecule has 0 bridgehead atoms. The first-order valence-corrected chi connectivity index (χ1v) is 7.22. The molecular formula is C13H15NaO4S. The Labute approximate surface area is 134 Å². The van der Waals surface area contributed by atoms with E-state index in [1.165, 1.54) is 0 Å². The van der Waals surface area contributed by atoms with Gasteiger partial charge in [0.05, 0.1) is 5.75 Å². The molecule has 0 aliphatic carbocycles. The van der Waals surface area contributed by atoms with Crippen molar-refractivity contribution >= 4 is 50.4 Å². The van der Waals surface area contributed by atoms with Crippen molar-refractivity contribution in [1.29, 1.82) is 0 Å². The van der Waals surface area contributed by atoms with Gasteiger partial charge in [-0.1, -0.05) is 24.3 Å². The van der Waals surface area contributed by atoms with Crippen LogP contribution < -0.4 is 0 Å². The van der Waals surface area contributed by atoms with Crippen LogP contribution in [0.4, 0.5) is 0 Å². The van der Waals surface area contributed by atoms with Crippen LogP contribution in [0, 0.1) is 0 Å². The average Bonchev–Trinajstić information content (AvgIpc) is 2.27. The average molecular weight is 290 g/mol. The zero-order valence-electron chi connectivity index (χ0n) is 9.70. The summed E-state index contributed by atoms with van der Waals surface area (Å²) in [7, 11) is -3.92. The third kappa shape index (κ3) is 4.78. The zero-order valence-corrected chi connectivity index (χ0v) is 10.5. The Morgan fingerprint density at radius 1 is 1.11 bits per heavy atom. The van der Waals surface area contributed by atoms with Crippen LogP contribution in [-0.4, -0.2) is 53.4 Å². The van der Waals surface area contributed by atoms with Gasteiger partial charge < -0.3 is 5.11 Å². The normalized spacial score (nSPS) is 11.2. The van der Waals surface area contributed by atoms with Gasteiger partial charge in [-0.25, -0.2) is 0 Å². The van der Waals surface area contributed by atoms with Crippen molar-refractivity contribution in [3.63, 3.8) is 0 Å². The molecule has 19 heavy (non-hydrogen) atoms. The molecule has 98 valence electrons. The fourth-order valence-electron chi connectivity index (χ4n) is 2.02. The Morgan fingerprint density at radius 3 is 2.47 bits per heavy atom. The molecule has 0 atom stereocenters. The van der Waals surface area contributed by atoms with Crippen molar-refractivity contribution in [3.05, 3.63) is 42.0 Å². The molecule has 2 aromatic carbocycles. The van der Waals surface area contributed by atoms with Crippen molar-refractivity contribution in [2.75, 3.05) is 5.75 Å². The number of hydrogen-bond donors (Lipinski definition) is 2. The summed E-state index contributed by atoms with van der Waals surface area (Å²) >= 11 is 0. The third-order valence-corrected chi connectivity index (χ3v) is 3.59. The van der Waals surface area contributed by atoms with E-state index in [-0.39, 0.29) is 41.1 Å². The molecule has 2 aromatic rings. The summed E-state index contributed by atoms with van der Waals surface area (Å²) in [6.45, 7) is 0. The number of hydrogen-bond acceptors (Lipinski definition) is 3. The number of fused-ring (bicyclic) bond motifs is 1. The van der Waals surface area contributed by atoms with Gasteiger partial charge in [0, 0.05) is 0 Å². The van der Waals surface area contributed by atoms with Gasteiger partial charge in [-0.3, -0.25) is 4.55 Å². The monoisotopic (exact) mass is 290 g/mol. The Balaban J connectivity index is 0.00000180. The van der Waals surface area contributed by atoms with E-state index >= 15 is 0 Å². The van der Waals surface area contributed by atoms with Gasteiger partial charge in [0.1, 0.15) is 5.75 Å². The Morgan fingerprint density at radius 2 is 1.79 bits per heavy atom. The van der Waals surface area contributed by atoms with Crippen LogP contribution in [0.1, 0.15) is 12.0 Å². The molecule has 0 unspecified atom stereocenters. The van der Waals surface area contributed by atoms with E-state index in [4.69, 9.17) is 4.55 Å². The molecule has 0 saturated carbocycles. The summed E-state index contributed by atoms with van der Waals surface area (Å²) in [6, 6.07) is 10.9. The second-order valence-corrected chi connectivity index (χ2v) is 5.79. The molecule has 6 heteroatoms. The molecule has 0 radical (unpaired) electrons. The fraction of sp³-hybridized carbons (Fsp3) is 0.231. The van der Waals surface area contributed by atoms with Crippen LogP contribution >= 0.6 is 0 Å². The van der Waals surface area contributed by atoms with Crippen molar-refractivity contribution in [2.45, 2.75) is 12.8 Å². The molecule has 0 aliphatic rings. The number of benzene rings is 2. The van der Waals surface area contributed by atoms with Gasteiger partial charge in [-0.15, -0.1) is 0 Å². The quantitative estimate of drug-likeness (QED) is 0.664. The topological polar surface area (TPSA) is 74.6 Å². The fourth-order valence-corrected chi connectivity index (χ4v) is 2.53. The molecule has 0 fully saturated rings. The van der Waals surface area contributed by atoms with Crippen molar-refractivity contribution in [1.82, 2.24) is 0 Å². The molecule has 0 amide bonds. The summed E-state index contributed by atoms with van der Waals surface area (Å²) in [5.41, 5.74) is 0.884. The number of aryl methyl sites for hydroxylation is 1. The molecule has 0 spiro atoms. The number of phenols is 1. The first-order chi connectivity index (χ1) is 8.46. The molecule has 2 N–H and O–H groups in total. The summed E-state index contributed by atoms with van der Waals surface area (Å²) in [5.74, 6) is -0.104. The summed E-state index contributed by atoms with van der Waals surface area (Å²) in [4.78, 5) is 0. The first-order valence-electron chi connectivity index (χ1n) is 5.61. The molecular weight excluding hydrogens is 275 g/mol. The zero-order chi connectivity index (χ0) is 13.2. The van der Waals surface area contributed by atoms with Crippen molar-refractivity contribution in [2.24, 2.45) is 0 Å². The molecule has 0 aliphatic heterocycles. The SMILES string of the molecule is O=S(=O)(O)CCCc1cc(O)cc2ccccc12.[NaH]. The van der Waals surface area contributed by atoms with E-state index in [0.29, 0.717) is 12.8 Å². The second-order valence-electron chi connectivity index (χ2n) is 4.22. The second kappa shape index (κ2) is 6.72. The van der Waals surface area contributed by atoms with Crippen molar-refractivity contribution in [3.8, 4) is 5.75 Å². The van der Waals surface area contributed by atoms with Gasteiger partial charge >= 0.3 is 29.6 Å². The van der Waals surface area contributed by atoms with E-state index in [1.807, 2.05) is 24.3 Å². The molecule has 0 saturated heterocycles. The first kappa shape index (κ1) is 16.5. The van der Waals surface area contributed by atoms with Crippen LogP contribution in [0.5, 0.6) is 5.75 Å². The standard InChI is InChI=1S/C13H14O4S.Na.H/c14-12-8-10-4-1-2-6-13(10)11(9-12)5-3-7-18(15,16)17;;/h1-2,4,6,8-9,14H,3,5,7H2,(H,15,16,17);;. The number of aromatic hydroxyl groups is 1. The summed E-state index contributed by atoms with van der Waals surface area (Å²) in [6.07, 6.45) is 0.820. The van der Waals surface area contributed by atoms with E-state index in [1.54, 1.807) is 12.1 Å². The van der Waals surface area contributed by atoms with E-state index in [9.17, 15) is 13.5 Å². The predicted octanol–water partition coefficient (Wildman–Crippen LogP) is 1.72. The van der Waals surface area contributed by atoms with Gasteiger partial charge in [0.2, 0.25) is 0 Å². The Bertz CT molecular complexity index is 667. The molecule has 0 heterocycles. The van der Waals surface area contributed by atoms with Gasteiger partial charge in [0.25, 0.3) is 10.1 Å². The summed E-state index contributed by atoms with van der Waals surface area (Å²) < 4.78 is 30.0. The number of rotatable bonds is 4. The Hall–Kier alpha value is -0.590. The van der Waals surface area contributed by atoms with Crippen LogP contribution in [-0.2, 0) is 16.5 Å². The Kier molecular flexibility index (Phi) is 5.82. The third-order valence-electron chi connectivity index (χ3n) is 2.78. The minimum atomic E-state index is -3.92. The van der Waals surface area contributed by atoms with Gasteiger partial charge in [-0.2, -0.15) is 8.42 Å². The van der Waals surface area contributed by atoms with Crippen LogP contribution in [0.15, 0.2) is 36.4 Å². The maximum atomic E-state index is 10.7. The summed E-state index contributed by atoms with van der Waals surface area (Å²) in [5, 5.41) is 11.5. The van der Waals surface area contributed by atoms with Crippen molar-refractivity contribution < 1.29 is 18.1 Å².